The van der Waals surface area contributed by atoms with Crippen molar-refractivity contribution in [2.75, 3.05) is 0 Å². The second-order valence-corrected chi connectivity index (χ2v) is 4.23. The molecule has 46 valence electrons. The van der Waals surface area contributed by atoms with Crippen LogP contribution in [0, 0.1) is 5.92 Å². The molecule has 3 aliphatic carbocycles. The van der Waals surface area contributed by atoms with E-state index >= 15 is 0 Å². The first-order valence-corrected chi connectivity index (χ1v) is 3.90. The van der Waals surface area contributed by atoms with Crippen molar-refractivity contribution in [3.8, 4) is 0 Å². The molecular weight excluding hydrogens is 131 g/mol. The Balaban J connectivity index is 0.000000405. The van der Waals surface area contributed by atoms with Gasteiger partial charge in [-0.1, -0.05) is 0 Å². The average molecular weight is 138 g/mol. The SMILES string of the molecule is O=S([O-])C12CC(C1)C2.[Li+]. The summed E-state index contributed by atoms with van der Waals surface area (Å²) in [5, 5.41) is 0. The predicted molar refractivity (Wildman–Crippen MR) is 29.0 cm³/mol. The maximum atomic E-state index is 10.3. The van der Waals surface area contributed by atoms with Gasteiger partial charge in [-0.3, -0.25) is 4.21 Å². The minimum atomic E-state index is -1.77. The van der Waals surface area contributed by atoms with Gasteiger partial charge >= 0.3 is 18.9 Å². The molecule has 1 atom stereocenters. The third kappa shape index (κ3) is 0.831. The van der Waals surface area contributed by atoms with Gasteiger partial charge in [0.2, 0.25) is 0 Å². The topological polar surface area (TPSA) is 40.1 Å². The zero-order valence-electron chi connectivity index (χ0n) is 5.42. The van der Waals surface area contributed by atoms with Crippen molar-refractivity contribution >= 4 is 11.1 Å². The van der Waals surface area contributed by atoms with E-state index in [-0.39, 0.29) is 23.6 Å². The van der Waals surface area contributed by atoms with Crippen LogP contribution in [0.5, 0.6) is 0 Å². The molecule has 0 heterocycles. The molecule has 3 saturated carbocycles. The quantitative estimate of drug-likeness (QED) is 0.295. The molecule has 0 aromatic heterocycles. The molecule has 3 fully saturated rings. The summed E-state index contributed by atoms with van der Waals surface area (Å²) in [5.74, 6) is 0.771. The zero-order chi connectivity index (χ0) is 5.78. The summed E-state index contributed by atoms with van der Waals surface area (Å²) in [7, 11) is 0. The van der Waals surface area contributed by atoms with Crippen LogP contribution in [0.25, 0.3) is 0 Å². The maximum absolute atomic E-state index is 10.3. The van der Waals surface area contributed by atoms with Crippen molar-refractivity contribution in [3.63, 3.8) is 0 Å². The van der Waals surface area contributed by atoms with E-state index in [0.29, 0.717) is 0 Å². The predicted octanol–water partition coefficient (Wildman–Crippen LogP) is -2.58. The summed E-state index contributed by atoms with van der Waals surface area (Å²) in [5.41, 5.74) is 0. The second kappa shape index (κ2) is 2.10. The van der Waals surface area contributed by atoms with Gasteiger partial charge in [0.1, 0.15) is 0 Å². The molecule has 3 rings (SSSR count). The molecule has 0 amide bonds. The first-order chi connectivity index (χ1) is 3.73. The van der Waals surface area contributed by atoms with Crippen LogP contribution in [-0.4, -0.2) is 13.5 Å². The molecule has 0 radical (unpaired) electrons. The van der Waals surface area contributed by atoms with Crippen molar-refractivity contribution in [2.24, 2.45) is 5.92 Å². The molecule has 0 aromatic carbocycles. The monoisotopic (exact) mass is 138 g/mol. The van der Waals surface area contributed by atoms with E-state index in [1.807, 2.05) is 0 Å². The fourth-order valence-electron chi connectivity index (χ4n) is 1.60. The van der Waals surface area contributed by atoms with E-state index < -0.39 is 11.1 Å². The Morgan fingerprint density at radius 2 is 1.89 bits per heavy atom. The van der Waals surface area contributed by atoms with E-state index in [0.717, 1.165) is 25.2 Å². The molecule has 0 saturated heterocycles. The van der Waals surface area contributed by atoms with Gasteiger partial charge in [0.25, 0.3) is 0 Å². The summed E-state index contributed by atoms with van der Waals surface area (Å²) in [6.07, 6.45) is 2.84. The third-order valence-electron chi connectivity index (χ3n) is 2.34. The van der Waals surface area contributed by atoms with Crippen molar-refractivity contribution in [1.82, 2.24) is 0 Å². The maximum Gasteiger partial charge on any atom is 1.00 e. The fourth-order valence-corrected chi connectivity index (χ4v) is 2.72. The first-order valence-electron chi connectivity index (χ1n) is 2.82. The van der Waals surface area contributed by atoms with Crippen LogP contribution < -0.4 is 18.9 Å². The average Bonchev–Trinajstić information content (AvgIpc) is 1.16. The largest absolute Gasteiger partial charge is 1.00 e. The van der Waals surface area contributed by atoms with Crippen molar-refractivity contribution in [2.45, 2.75) is 24.0 Å². The van der Waals surface area contributed by atoms with Crippen molar-refractivity contribution in [1.29, 1.82) is 0 Å². The summed E-state index contributed by atoms with van der Waals surface area (Å²) in [6.45, 7) is 0. The van der Waals surface area contributed by atoms with Gasteiger partial charge in [-0.25, -0.2) is 0 Å². The molecule has 2 nitrogen and oxygen atoms in total. The van der Waals surface area contributed by atoms with Crippen LogP contribution in [0.15, 0.2) is 0 Å². The second-order valence-electron chi connectivity index (χ2n) is 2.90. The van der Waals surface area contributed by atoms with Crippen LogP contribution in [0.4, 0.5) is 0 Å². The Morgan fingerprint density at radius 3 is 1.89 bits per heavy atom. The Labute approximate surface area is 68.9 Å². The molecule has 0 aliphatic heterocycles. The molecule has 0 N–H and O–H groups in total. The van der Waals surface area contributed by atoms with Crippen LogP contribution in [0.1, 0.15) is 19.3 Å². The van der Waals surface area contributed by atoms with Gasteiger partial charge in [0.05, 0.1) is 0 Å². The molecule has 0 aromatic rings. The van der Waals surface area contributed by atoms with E-state index in [2.05, 4.69) is 0 Å². The van der Waals surface area contributed by atoms with Crippen LogP contribution >= 0.6 is 0 Å². The van der Waals surface area contributed by atoms with E-state index in [9.17, 15) is 8.76 Å². The van der Waals surface area contributed by atoms with E-state index in [1.54, 1.807) is 0 Å². The standard InChI is InChI=1S/C5H8O2S.Li/c6-8(7)5-1-4(2-5)3-5;/h4H,1-3H2,(H,6,7);/q;+1/p-1. The van der Waals surface area contributed by atoms with Crippen molar-refractivity contribution < 1.29 is 27.6 Å². The van der Waals surface area contributed by atoms with Gasteiger partial charge in [0, 0.05) is 4.75 Å². The summed E-state index contributed by atoms with van der Waals surface area (Å²) in [6, 6.07) is 0. The first kappa shape index (κ1) is 7.81. The smallest absolute Gasteiger partial charge is 0.772 e. The van der Waals surface area contributed by atoms with Crippen LogP contribution in [0.3, 0.4) is 0 Å². The van der Waals surface area contributed by atoms with Gasteiger partial charge in [-0.2, -0.15) is 0 Å². The van der Waals surface area contributed by atoms with Gasteiger partial charge in [0.15, 0.2) is 0 Å². The molecule has 1 unspecified atom stereocenters. The molecule has 3 aliphatic rings. The number of hydrogen-bond acceptors (Lipinski definition) is 2. The molecule has 2 bridgehead atoms. The Hall–Kier alpha value is 0.707. The fraction of sp³-hybridized carbons (Fsp3) is 1.00. The minimum Gasteiger partial charge on any atom is -0.772 e. The van der Waals surface area contributed by atoms with E-state index in [1.165, 1.54) is 0 Å². The molecule has 0 spiro atoms. The Morgan fingerprint density at radius 1 is 1.44 bits per heavy atom. The van der Waals surface area contributed by atoms with Crippen LogP contribution in [0.2, 0.25) is 0 Å². The zero-order valence-corrected chi connectivity index (χ0v) is 6.24. The summed E-state index contributed by atoms with van der Waals surface area (Å²) >= 11 is -1.77. The Bertz CT molecular complexity index is 142. The molecule has 4 heteroatoms. The molecular formula is C5H7LiO2S. The minimum absolute atomic E-state index is 0. The van der Waals surface area contributed by atoms with E-state index in [4.69, 9.17) is 0 Å². The normalized spacial score (nSPS) is 47.9. The molecule has 9 heavy (non-hydrogen) atoms. The summed E-state index contributed by atoms with van der Waals surface area (Å²) < 4.78 is 20.5. The number of hydrogen-bond donors (Lipinski definition) is 0. The van der Waals surface area contributed by atoms with Crippen LogP contribution in [-0.2, 0) is 11.1 Å². The van der Waals surface area contributed by atoms with Gasteiger partial charge < -0.3 is 4.55 Å². The van der Waals surface area contributed by atoms with Gasteiger partial charge in [-0.05, 0) is 36.3 Å². The third-order valence-corrected chi connectivity index (χ3v) is 3.54. The van der Waals surface area contributed by atoms with Gasteiger partial charge in [-0.15, -0.1) is 0 Å². The van der Waals surface area contributed by atoms with Crippen molar-refractivity contribution in [3.05, 3.63) is 0 Å². The number of rotatable bonds is 1. The summed E-state index contributed by atoms with van der Waals surface area (Å²) in [4.78, 5) is 0. The Kier molecular flexibility index (Phi) is 1.82.